The second-order valence-electron chi connectivity index (χ2n) is 6.34. The minimum Gasteiger partial charge on any atom is -0.350 e. The zero-order valence-electron chi connectivity index (χ0n) is 15.4. The third kappa shape index (κ3) is 3.83. The maximum absolute atomic E-state index is 12.7. The first-order chi connectivity index (χ1) is 13.4. The highest BCUT2D eigenvalue weighted by Gasteiger charge is 2.20. The fraction of sp³-hybridized carbons (Fsp3) is 0.211. The van der Waals surface area contributed by atoms with E-state index in [1.54, 1.807) is 24.3 Å². The number of carbonyl (C=O) groups excluding carboxylic acids is 2. The van der Waals surface area contributed by atoms with E-state index in [0.29, 0.717) is 22.2 Å². The molecule has 9 nitrogen and oxygen atoms in total. The van der Waals surface area contributed by atoms with Crippen molar-refractivity contribution in [3.05, 3.63) is 63.8 Å². The number of carbonyl (C=O) groups is 2. The Morgan fingerprint density at radius 1 is 1.21 bits per heavy atom. The number of aromatic amines is 1. The van der Waals surface area contributed by atoms with Crippen LogP contribution in [-0.2, 0) is 0 Å². The number of aromatic nitrogens is 2. The Labute approximate surface area is 160 Å². The van der Waals surface area contributed by atoms with Crippen LogP contribution in [-0.4, -0.2) is 33.0 Å². The van der Waals surface area contributed by atoms with Crippen molar-refractivity contribution in [1.82, 2.24) is 15.5 Å². The topological polar surface area (TPSA) is 130 Å². The van der Waals surface area contributed by atoms with Gasteiger partial charge in [0.1, 0.15) is 0 Å². The number of para-hydroxylation sites is 1. The normalized spacial score (nSPS) is 11.8. The van der Waals surface area contributed by atoms with Crippen molar-refractivity contribution < 1.29 is 14.5 Å². The molecule has 0 aliphatic heterocycles. The molecule has 28 heavy (non-hydrogen) atoms. The van der Waals surface area contributed by atoms with Crippen molar-refractivity contribution in [2.75, 3.05) is 5.32 Å². The van der Waals surface area contributed by atoms with E-state index in [1.165, 1.54) is 18.2 Å². The van der Waals surface area contributed by atoms with E-state index in [9.17, 15) is 19.7 Å². The molecule has 144 valence electrons. The predicted molar refractivity (Wildman–Crippen MR) is 104 cm³/mol. The van der Waals surface area contributed by atoms with E-state index in [2.05, 4.69) is 20.8 Å². The first-order valence-corrected chi connectivity index (χ1v) is 8.74. The molecule has 0 unspecified atom stereocenters. The molecule has 3 aromatic rings. The highest BCUT2D eigenvalue weighted by atomic mass is 16.6. The van der Waals surface area contributed by atoms with Crippen molar-refractivity contribution in [3.8, 4) is 0 Å². The lowest BCUT2D eigenvalue weighted by Gasteiger charge is -2.14. The highest BCUT2D eigenvalue weighted by molar-refractivity contribution is 6.13. The van der Waals surface area contributed by atoms with Crippen LogP contribution in [0.25, 0.3) is 10.9 Å². The zero-order chi connectivity index (χ0) is 20.3. The van der Waals surface area contributed by atoms with Crippen molar-refractivity contribution in [2.24, 2.45) is 0 Å². The fourth-order valence-corrected chi connectivity index (χ4v) is 2.66. The van der Waals surface area contributed by atoms with Gasteiger partial charge in [0.25, 0.3) is 17.5 Å². The number of non-ortho nitro benzene ring substituents is 1. The Hall–Kier alpha value is -3.75. The maximum atomic E-state index is 12.7. The molecule has 0 aliphatic rings. The minimum atomic E-state index is -0.574. The quantitative estimate of drug-likeness (QED) is 0.446. The molecule has 0 saturated carbocycles. The van der Waals surface area contributed by atoms with Crippen LogP contribution in [0.3, 0.4) is 0 Å². The first kappa shape index (κ1) is 19.0. The van der Waals surface area contributed by atoms with Gasteiger partial charge in [-0.3, -0.25) is 24.8 Å². The lowest BCUT2D eigenvalue weighted by atomic mass is 10.1. The number of amides is 2. The summed E-state index contributed by atoms with van der Waals surface area (Å²) in [4.78, 5) is 35.7. The van der Waals surface area contributed by atoms with Gasteiger partial charge in [0, 0.05) is 23.6 Å². The molecule has 0 radical (unpaired) electrons. The molecule has 0 fully saturated rings. The number of nitro benzene ring substituents is 1. The molecule has 1 atom stereocenters. The lowest BCUT2D eigenvalue weighted by molar-refractivity contribution is -0.384. The number of hydrogen-bond acceptors (Lipinski definition) is 5. The second kappa shape index (κ2) is 7.87. The summed E-state index contributed by atoms with van der Waals surface area (Å²) in [7, 11) is 0. The second-order valence-corrected chi connectivity index (χ2v) is 6.34. The van der Waals surface area contributed by atoms with Gasteiger partial charge in [0.15, 0.2) is 5.69 Å². The average Bonchev–Trinajstić information content (AvgIpc) is 3.11. The monoisotopic (exact) mass is 381 g/mol. The highest BCUT2D eigenvalue weighted by Crippen LogP contribution is 2.23. The van der Waals surface area contributed by atoms with Gasteiger partial charge in [0.05, 0.1) is 21.7 Å². The molecule has 1 heterocycles. The molecular formula is C19H19N5O4. The van der Waals surface area contributed by atoms with Gasteiger partial charge in [-0.1, -0.05) is 19.1 Å². The number of H-pyrrole nitrogens is 1. The molecule has 0 aliphatic carbocycles. The van der Waals surface area contributed by atoms with Crippen LogP contribution in [0.2, 0.25) is 0 Å². The summed E-state index contributed by atoms with van der Waals surface area (Å²) in [5.74, 6) is -0.872. The third-order valence-corrected chi connectivity index (χ3v) is 4.38. The summed E-state index contributed by atoms with van der Waals surface area (Å²) in [5.41, 5.74) is 1.02. The van der Waals surface area contributed by atoms with Crippen LogP contribution < -0.4 is 10.6 Å². The molecule has 1 aromatic heterocycles. The van der Waals surface area contributed by atoms with Gasteiger partial charge in [-0.25, -0.2) is 0 Å². The first-order valence-electron chi connectivity index (χ1n) is 8.74. The molecule has 0 bridgehead atoms. The van der Waals surface area contributed by atoms with E-state index >= 15 is 0 Å². The van der Waals surface area contributed by atoms with E-state index in [-0.39, 0.29) is 23.3 Å². The average molecular weight is 381 g/mol. The number of rotatable bonds is 6. The molecule has 0 saturated heterocycles. The van der Waals surface area contributed by atoms with Crippen LogP contribution in [0.5, 0.6) is 0 Å². The molecule has 2 amide bonds. The Morgan fingerprint density at radius 2 is 1.96 bits per heavy atom. The zero-order valence-corrected chi connectivity index (χ0v) is 15.4. The SMILES string of the molecule is CC[C@H](C)NC(=O)c1ccccc1NC(=O)c1n[nH]c2ccc([N+](=O)[O-])cc12. The Kier molecular flexibility index (Phi) is 5.35. The number of hydrogen-bond donors (Lipinski definition) is 3. The number of nitrogens with one attached hydrogen (secondary N) is 3. The summed E-state index contributed by atoms with van der Waals surface area (Å²) in [6, 6.07) is 10.7. The van der Waals surface area contributed by atoms with E-state index in [0.717, 1.165) is 6.42 Å². The van der Waals surface area contributed by atoms with E-state index < -0.39 is 10.8 Å². The van der Waals surface area contributed by atoms with Crippen molar-refractivity contribution in [2.45, 2.75) is 26.3 Å². The van der Waals surface area contributed by atoms with E-state index in [1.807, 2.05) is 13.8 Å². The summed E-state index contributed by atoms with van der Waals surface area (Å²) >= 11 is 0. The van der Waals surface area contributed by atoms with Crippen LogP contribution in [0.15, 0.2) is 42.5 Å². The molecule has 3 rings (SSSR count). The molecule has 2 aromatic carbocycles. The number of fused-ring (bicyclic) bond motifs is 1. The number of nitro groups is 1. The number of benzene rings is 2. The lowest BCUT2D eigenvalue weighted by Crippen LogP contribution is -2.32. The van der Waals surface area contributed by atoms with Gasteiger partial charge in [-0.2, -0.15) is 5.10 Å². The summed E-state index contributed by atoms with van der Waals surface area (Å²) in [6.07, 6.45) is 0.776. The van der Waals surface area contributed by atoms with Crippen LogP contribution >= 0.6 is 0 Å². The van der Waals surface area contributed by atoms with Crippen LogP contribution in [0.4, 0.5) is 11.4 Å². The Balaban J connectivity index is 1.90. The van der Waals surface area contributed by atoms with Gasteiger partial charge < -0.3 is 10.6 Å². The van der Waals surface area contributed by atoms with Gasteiger partial charge >= 0.3 is 0 Å². The van der Waals surface area contributed by atoms with Gasteiger partial charge in [-0.15, -0.1) is 0 Å². The Morgan fingerprint density at radius 3 is 2.68 bits per heavy atom. The standard InChI is InChI=1S/C19H19N5O4/c1-3-11(2)20-18(25)13-6-4-5-7-15(13)21-19(26)17-14-10-12(24(27)28)8-9-16(14)22-23-17/h4-11H,3H2,1-2H3,(H,20,25)(H,21,26)(H,22,23)/t11-/m0/s1. The summed E-state index contributed by atoms with van der Waals surface area (Å²) in [5, 5.41) is 23.5. The minimum absolute atomic E-state index is 0.00732. The number of nitrogens with zero attached hydrogens (tertiary/aromatic N) is 2. The van der Waals surface area contributed by atoms with Crippen molar-refractivity contribution in [1.29, 1.82) is 0 Å². The fourth-order valence-electron chi connectivity index (χ4n) is 2.66. The third-order valence-electron chi connectivity index (χ3n) is 4.38. The molecule has 0 spiro atoms. The number of anilines is 1. The maximum Gasteiger partial charge on any atom is 0.276 e. The predicted octanol–water partition coefficient (Wildman–Crippen LogP) is 3.25. The smallest absolute Gasteiger partial charge is 0.276 e. The largest absolute Gasteiger partial charge is 0.350 e. The van der Waals surface area contributed by atoms with Crippen molar-refractivity contribution in [3.63, 3.8) is 0 Å². The van der Waals surface area contributed by atoms with Gasteiger partial charge in [0.2, 0.25) is 0 Å². The molecule has 9 heteroatoms. The van der Waals surface area contributed by atoms with Crippen LogP contribution in [0, 0.1) is 10.1 Å². The Bertz CT molecular complexity index is 1060. The van der Waals surface area contributed by atoms with Crippen molar-refractivity contribution >= 4 is 34.1 Å². The van der Waals surface area contributed by atoms with Gasteiger partial charge in [-0.05, 0) is 31.5 Å². The van der Waals surface area contributed by atoms with Crippen LogP contribution in [0.1, 0.15) is 41.1 Å². The van der Waals surface area contributed by atoms with E-state index in [4.69, 9.17) is 0 Å². The molecular weight excluding hydrogens is 362 g/mol. The summed E-state index contributed by atoms with van der Waals surface area (Å²) in [6.45, 7) is 3.85. The molecule has 3 N–H and O–H groups in total. The summed E-state index contributed by atoms with van der Waals surface area (Å²) < 4.78 is 0.